The van der Waals surface area contributed by atoms with Crippen molar-refractivity contribution >= 4 is 65.7 Å². The Balaban J connectivity index is 1.20. The highest BCUT2D eigenvalue weighted by Crippen LogP contribution is 2.41. The lowest BCUT2D eigenvalue weighted by atomic mass is 10.1. The summed E-state index contributed by atoms with van der Waals surface area (Å²) in [5.41, 5.74) is 6.38. The molecule has 4 heterocycles. The monoisotopic (exact) mass is 659 g/mol. The van der Waals surface area contributed by atoms with Crippen LogP contribution in [-0.2, 0) is 0 Å². The first kappa shape index (κ1) is 23.3. The Morgan fingerprint density at radius 1 is 0.431 bits per heavy atom. The zero-order valence-electron chi connectivity index (χ0n) is 31.7. The van der Waals surface area contributed by atoms with E-state index in [9.17, 15) is 0 Å². The molecule has 0 bridgehead atoms. The molecule has 0 unspecified atom stereocenters. The summed E-state index contributed by atoms with van der Waals surface area (Å²) in [5, 5.41) is 5.79. The standard InChI is InChI=1S/C45H26N4O2/c1-2-13-27(14-3-1)43-46-44(34-21-10-18-31-30-17-6-9-26-39(30)50-40(31)34)48-45(47-43)35-22-11-19-32-33-20-12-25-38(42(33)51-41(32)35)49-36-23-7-4-15-28(36)29-16-5-8-24-37(29)49/h1-26H/i1D,2D,3D,13D,14D. The summed E-state index contributed by atoms with van der Waals surface area (Å²) >= 11 is 0. The van der Waals surface area contributed by atoms with Crippen molar-refractivity contribution in [2.45, 2.75) is 0 Å². The summed E-state index contributed by atoms with van der Waals surface area (Å²) in [6.07, 6.45) is 0. The molecule has 6 nitrogen and oxygen atoms in total. The van der Waals surface area contributed by atoms with Crippen LogP contribution in [0.5, 0.6) is 0 Å². The molecule has 0 aliphatic heterocycles. The Kier molecular flexibility index (Phi) is 4.91. The average Bonchev–Trinajstić information content (AvgIpc) is 3.92. The highest BCUT2D eigenvalue weighted by molar-refractivity contribution is 6.14. The van der Waals surface area contributed by atoms with Crippen LogP contribution in [0.3, 0.4) is 0 Å². The molecule has 6 heteroatoms. The Bertz CT molecular complexity index is 3380. The lowest BCUT2D eigenvalue weighted by molar-refractivity contribution is 0.667. The van der Waals surface area contributed by atoms with E-state index in [1.807, 2.05) is 97.1 Å². The van der Waals surface area contributed by atoms with E-state index in [2.05, 4.69) is 34.9 Å². The van der Waals surface area contributed by atoms with Gasteiger partial charge in [0.2, 0.25) is 0 Å². The maximum Gasteiger partial charge on any atom is 0.167 e. The molecule has 0 saturated carbocycles. The number of aromatic nitrogens is 4. The maximum absolute atomic E-state index is 8.83. The number of hydrogen-bond acceptors (Lipinski definition) is 5. The molecule has 238 valence electrons. The van der Waals surface area contributed by atoms with E-state index in [1.54, 1.807) is 0 Å². The van der Waals surface area contributed by atoms with Crippen LogP contribution in [0.1, 0.15) is 6.85 Å². The largest absolute Gasteiger partial charge is 0.455 e. The van der Waals surface area contributed by atoms with Crippen molar-refractivity contribution in [3.63, 3.8) is 0 Å². The highest BCUT2D eigenvalue weighted by Gasteiger charge is 2.22. The Morgan fingerprint density at radius 2 is 0.941 bits per heavy atom. The third-order valence-electron chi connectivity index (χ3n) is 9.57. The van der Waals surface area contributed by atoms with Gasteiger partial charge in [-0.25, -0.2) is 15.0 Å². The highest BCUT2D eigenvalue weighted by atomic mass is 16.3. The van der Waals surface area contributed by atoms with Crippen molar-refractivity contribution in [2.75, 3.05) is 0 Å². The van der Waals surface area contributed by atoms with Gasteiger partial charge in [0.05, 0.1) is 34.7 Å². The summed E-state index contributed by atoms with van der Waals surface area (Å²) in [6, 6.07) is 39.6. The lowest BCUT2D eigenvalue weighted by Crippen LogP contribution is -2.00. The van der Waals surface area contributed by atoms with Crippen LogP contribution in [0, 0.1) is 0 Å². The number of benzene rings is 7. The molecule has 4 aromatic heterocycles. The second-order valence-corrected chi connectivity index (χ2v) is 12.4. The minimum atomic E-state index is -0.503. The third kappa shape index (κ3) is 4.14. The first-order valence-electron chi connectivity index (χ1n) is 19.0. The summed E-state index contributed by atoms with van der Waals surface area (Å²) in [6.45, 7) is 0. The van der Waals surface area contributed by atoms with Crippen LogP contribution in [0.4, 0.5) is 0 Å². The van der Waals surface area contributed by atoms with Gasteiger partial charge in [-0.15, -0.1) is 0 Å². The van der Waals surface area contributed by atoms with Crippen molar-refractivity contribution in [1.29, 1.82) is 0 Å². The molecule has 0 aliphatic carbocycles. The molecule has 0 atom stereocenters. The van der Waals surface area contributed by atoms with Gasteiger partial charge in [-0.3, -0.25) is 0 Å². The molecule has 0 aliphatic rings. The summed E-state index contributed by atoms with van der Waals surface area (Å²) in [4.78, 5) is 14.7. The smallest absolute Gasteiger partial charge is 0.167 e. The van der Waals surface area contributed by atoms with E-state index >= 15 is 0 Å². The Morgan fingerprint density at radius 3 is 1.63 bits per heavy atom. The molecule has 0 saturated heterocycles. The zero-order chi connectivity index (χ0) is 37.8. The SMILES string of the molecule is [2H]c1c([2H])c([2H])c(-c2nc(-c3cccc4c3oc3ccccc34)nc(-c3cccc4c3oc3c(-n5c6ccccc6c6ccccc65)cccc34)n2)c([2H])c1[2H]. The summed E-state index contributed by atoms with van der Waals surface area (Å²) in [7, 11) is 0. The maximum atomic E-state index is 8.83. The van der Waals surface area contributed by atoms with Gasteiger partial charge in [0.1, 0.15) is 16.7 Å². The molecule has 0 N–H and O–H groups in total. The number of rotatable bonds is 4. The zero-order valence-corrected chi connectivity index (χ0v) is 26.7. The Hall–Kier alpha value is -7.05. The summed E-state index contributed by atoms with van der Waals surface area (Å²) in [5.74, 6) is 0.336. The van der Waals surface area contributed by atoms with Crippen LogP contribution in [0.2, 0.25) is 0 Å². The Labute approximate surface area is 297 Å². The van der Waals surface area contributed by atoms with E-state index in [0.717, 1.165) is 49.0 Å². The van der Waals surface area contributed by atoms with Crippen molar-refractivity contribution in [3.05, 3.63) is 158 Å². The fourth-order valence-corrected chi connectivity index (χ4v) is 7.35. The molecular weight excluding hydrogens is 629 g/mol. The van der Waals surface area contributed by atoms with E-state index in [1.165, 1.54) is 0 Å². The molecule has 11 aromatic rings. The van der Waals surface area contributed by atoms with Crippen LogP contribution in [0.15, 0.2) is 166 Å². The van der Waals surface area contributed by atoms with Gasteiger partial charge < -0.3 is 13.4 Å². The molecule has 7 aromatic carbocycles. The normalized spacial score (nSPS) is 13.3. The molecule has 51 heavy (non-hydrogen) atoms. The van der Waals surface area contributed by atoms with Gasteiger partial charge in [-0.05, 0) is 36.4 Å². The van der Waals surface area contributed by atoms with Crippen molar-refractivity contribution < 1.29 is 15.7 Å². The minimum Gasteiger partial charge on any atom is -0.455 e. The second-order valence-electron chi connectivity index (χ2n) is 12.4. The van der Waals surface area contributed by atoms with E-state index in [0.29, 0.717) is 33.5 Å². The molecule has 0 fully saturated rings. The lowest BCUT2D eigenvalue weighted by Gasteiger charge is -2.09. The average molecular weight is 660 g/mol. The predicted molar refractivity (Wildman–Crippen MR) is 205 cm³/mol. The van der Waals surface area contributed by atoms with Crippen LogP contribution in [-0.4, -0.2) is 19.5 Å². The number of nitrogens with zero attached hydrogens (tertiary/aromatic N) is 4. The number of hydrogen-bond donors (Lipinski definition) is 0. The fourth-order valence-electron chi connectivity index (χ4n) is 7.35. The van der Waals surface area contributed by atoms with E-state index in [4.69, 9.17) is 30.6 Å². The number of para-hydroxylation sites is 6. The molecule has 0 radical (unpaired) electrons. The van der Waals surface area contributed by atoms with Gasteiger partial charge in [0.25, 0.3) is 0 Å². The fraction of sp³-hybridized carbons (Fsp3) is 0. The first-order valence-corrected chi connectivity index (χ1v) is 16.5. The predicted octanol–water partition coefficient (Wildman–Crippen LogP) is 11.8. The topological polar surface area (TPSA) is 69.9 Å². The van der Waals surface area contributed by atoms with E-state index in [-0.39, 0.29) is 23.0 Å². The van der Waals surface area contributed by atoms with Gasteiger partial charge in [-0.2, -0.15) is 0 Å². The second kappa shape index (κ2) is 10.7. The number of fused-ring (bicyclic) bond motifs is 9. The van der Waals surface area contributed by atoms with E-state index < -0.39 is 30.2 Å². The van der Waals surface area contributed by atoms with Crippen molar-refractivity contribution in [3.8, 4) is 39.9 Å². The minimum absolute atomic E-state index is 0.0748. The molecule has 0 amide bonds. The van der Waals surface area contributed by atoms with Gasteiger partial charge >= 0.3 is 0 Å². The number of furan rings is 2. The summed E-state index contributed by atoms with van der Waals surface area (Å²) < 4.78 is 58.2. The van der Waals surface area contributed by atoms with Gasteiger partial charge in [0.15, 0.2) is 23.1 Å². The van der Waals surface area contributed by atoms with Gasteiger partial charge in [0, 0.05) is 37.9 Å². The van der Waals surface area contributed by atoms with Gasteiger partial charge in [-0.1, -0.05) is 121 Å². The third-order valence-corrected chi connectivity index (χ3v) is 9.57. The van der Waals surface area contributed by atoms with Crippen LogP contribution >= 0.6 is 0 Å². The quantitative estimate of drug-likeness (QED) is 0.188. The van der Waals surface area contributed by atoms with Crippen molar-refractivity contribution in [2.24, 2.45) is 0 Å². The molecule has 0 spiro atoms. The van der Waals surface area contributed by atoms with Crippen LogP contribution < -0.4 is 0 Å². The van der Waals surface area contributed by atoms with Crippen molar-refractivity contribution in [1.82, 2.24) is 19.5 Å². The first-order chi connectivity index (χ1) is 27.4. The van der Waals surface area contributed by atoms with Crippen LogP contribution in [0.25, 0.3) is 106 Å². The molecular formula is C45H26N4O2. The molecule has 11 rings (SSSR count).